The van der Waals surface area contributed by atoms with Gasteiger partial charge in [-0.3, -0.25) is 4.79 Å². The van der Waals surface area contributed by atoms with Gasteiger partial charge in [-0.25, -0.2) is 0 Å². The summed E-state index contributed by atoms with van der Waals surface area (Å²) in [4.78, 5) is 17.7. The van der Waals surface area contributed by atoms with Crippen LogP contribution in [0, 0.1) is 0 Å². The second-order valence-corrected chi connectivity index (χ2v) is 4.01. The highest BCUT2D eigenvalue weighted by molar-refractivity contribution is 5.83. The van der Waals surface area contributed by atoms with E-state index in [1.54, 1.807) is 31.0 Å². The summed E-state index contributed by atoms with van der Waals surface area (Å²) < 4.78 is 5.02. The van der Waals surface area contributed by atoms with Gasteiger partial charge in [0.05, 0.1) is 12.8 Å². The molecule has 1 unspecified atom stereocenters. The molecule has 0 aliphatic rings. The average molecular weight is 252 g/mol. The van der Waals surface area contributed by atoms with Crippen LogP contribution in [0.2, 0.25) is 0 Å². The molecule has 0 aliphatic carbocycles. The second kappa shape index (κ2) is 6.09. The number of amides is 1. The van der Waals surface area contributed by atoms with Crippen LogP contribution in [0.3, 0.4) is 0 Å². The predicted molar refractivity (Wildman–Crippen MR) is 71.6 cm³/mol. The minimum atomic E-state index is -0.351. The molecule has 3 N–H and O–H groups in total. The molecular weight excluding hydrogens is 232 g/mol. The van der Waals surface area contributed by atoms with Crippen molar-refractivity contribution in [1.82, 2.24) is 9.88 Å². The van der Waals surface area contributed by atoms with Crippen molar-refractivity contribution in [1.29, 1.82) is 0 Å². The highest BCUT2D eigenvalue weighted by atomic mass is 16.5. The Balaban J connectivity index is 2.75. The molecular formula is C12H20N4O2. The fourth-order valence-electron chi connectivity index (χ4n) is 1.47. The topological polar surface area (TPSA) is 80.5 Å². The number of methoxy groups -OCH3 is 1. The largest absolute Gasteiger partial charge is 0.479 e. The molecule has 0 aromatic carbocycles. The Kier molecular flexibility index (Phi) is 4.76. The van der Waals surface area contributed by atoms with Gasteiger partial charge < -0.3 is 20.7 Å². The summed E-state index contributed by atoms with van der Waals surface area (Å²) in [5.74, 6) is 0.921. The fourth-order valence-corrected chi connectivity index (χ4v) is 1.47. The van der Waals surface area contributed by atoms with Crippen molar-refractivity contribution in [2.24, 2.45) is 0 Å². The number of hydrogen-bond acceptors (Lipinski definition) is 5. The zero-order valence-electron chi connectivity index (χ0n) is 11.2. The first-order chi connectivity index (χ1) is 8.49. The monoisotopic (exact) mass is 252 g/mol. The number of likely N-dealkylation sites (N-methyl/N-ethyl adjacent to an activating group) is 1. The smallest absolute Gasteiger partial charge is 0.244 e. The average Bonchev–Trinajstić information content (AvgIpc) is 2.38. The van der Waals surface area contributed by atoms with E-state index in [2.05, 4.69) is 10.3 Å². The summed E-state index contributed by atoms with van der Waals surface area (Å²) in [6.45, 7) is 4.39. The maximum Gasteiger partial charge on any atom is 0.244 e. The lowest BCUT2D eigenvalue weighted by Crippen LogP contribution is -2.39. The molecule has 6 heteroatoms. The number of carbonyl (C=O) groups is 1. The number of nitrogens with zero attached hydrogens (tertiary/aromatic N) is 2. The van der Waals surface area contributed by atoms with Crippen LogP contribution in [0.5, 0.6) is 5.88 Å². The number of hydrogen-bond donors (Lipinski definition) is 2. The number of anilines is 2. The first kappa shape index (κ1) is 14.1. The molecule has 0 bridgehead atoms. The standard InChI is InChI=1S/C12H20N4O2/c1-5-16(3)12(17)8(2)14-10-7-6-9(13)11(15-10)18-4/h6-8H,5,13H2,1-4H3,(H,14,15). The molecule has 0 aliphatic heterocycles. The predicted octanol–water partition coefficient (Wildman–Crippen LogP) is 0.951. The lowest BCUT2D eigenvalue weighted by atomic mass is 10.3. The van der Waals surface area contributed by atoms with Gasteiger partial charge in [0.25, 0.3) is 0 Å². The third-order valence-electron chi connectivity index (χ3n) is 2.67. The maximum atomic E-state index is 11.9. The quantitative estimate of drug-likeness (QED) is 0.815. The third-order valence-corrected chi connectivity index (χ3v) is 2.67. The fraction of sp³-hybridized carbons (Fsp3) is 0.500. The Labute approximate surface area is 107 Å². The van der Waals surface area contributed by atoms with Crippen LogP contribution in [0.1, 0.15) is 13.8 Å². The van der Waals surface area contributed by atoms with Crippen LogP contribution < -0.4 is 15.8 Å². The number of nitrogens with two attached hydrogens (primary N) is 1. The SMILES string of the molecule is CCN(C)C(=O)C(C)Nc1ccc(N)c(OC)n1. The molecule has 0 fully saturated rings. The summed E-state index contributed by atoms with van der Waals surface area (Å²) in [5, 5.41) is 3.02. The Hall–Kier alpha value is -1.98. The summed E-state index contributed by atoms with van der Waals surface area (Å²) >= 11 is 0. The lowest BCUT2D eigenvalue weighted by Gasteiger charge is -2.21. The molecule has 0 radical (unpaired) electrons. The van der Waals surface area contributed by atoms with E-state index >= 15 is 0 Å². The number of rotatable bonds is 5. The number of ether oxygens (including phenoxy) is 1. The van der Waals surface area contributed by atoms with Gasteiger partial charge in [-0.2, -0.15) is 4.98 Å². The number of aromatic nitrogens is 1. The first-order valence-corrected chi connectivity index (χ1v) is 5.81. The molecule has 1 atom stereocenters. The van der Waals surface area contributed by atoms with Crippen molar-refractivity contribution in [3.05, 3.63) is 12.1 Å². The van der Waals surface area contributed by atoms with Crippen molar-refractivity contribution < 1.29 is 9.53 Å². The third kappa shape index (κ3) is 3.26. The molecule has 18 heavy (non-hydrogen) atoms. The Morgan fingerprint density at radius 1 is 1.61 bits per heavy atom. The molecule has 1 rings (SSSR count). The van der Waals surface area contributed by atoms with Crippen molar-refractivity contribution in [3.63, 3.8) is 0 Å². The van der Waals surface area contributed by atoms with Crippen LogP contribution >= 0.6 is 0 Å². The number of pyridine rings is 1. The Bertz CT molecular complexity index is 423. The summed E-state index contributed by atoms with van der Waals surface area (Å²) in [6, 6.07) is 3.05. The van der Waals surface area contributed by atoms with Crippen LogP contribution in [0.25, 0.3) is 0 Å². The van der Waals surface area contributed by atoms with Crippen molar-refractivity contribution in [2.75, 3.05) is 31.8 Å². The molecule has 6 nitrogen and oxygen atoms in total. The van der Waals surface area contributed by atoms with Gasteiger partial charge in [0.2, 0.25) is 11.8 Å². The van der Waals surface area contributed by atoms with Crippen molar-refractivity contribution in [3.8, 4) is 5.88 Å². The van der Waals surface area contributed by atoms with Gasteiger partial charge in [0, 0.05) is 13.6 Å². The maximum absolute atomic E-state index is 11.9. The van der Waals surface area contributed by atoms with Crippen LogP contribution in [-0.2, 0) is 4.79 Å². The van der Waals surface area contributed by atoms with Gasteiger partial charge >= 0.3 is 0 Å². The van der Waals surface area contributed by atoms with Crippen LogP contribution in [0.15, 0.2) is 12.1 Å². The highest BCUT2D eigenvalue weighted by Gasteiger charge is 2.16. The van der Waals surface area contributed by atoms with E-state index in [4.69, 9.17) is 10.5 Å². The van der Waals surface area contributed by atoms with E-state index in [0.29, 0.717) is 23.9 Å². The van der Waals surface area contributed by atoms with Gasteiger partial charge in [-0.1, -0.05) is 0 Å². The van der Waals surface area contributed by atoms with E-state index in [1.165, 1.54) is 7.11 Å². The first-order valence-electron chi connectivity index (χ1n) is 5.81. The Morgan fingerprint density at radius 2 is 2.28 bits per heavy atom. The molecule has 0 saturated heterocycles. The highest BCUT2D eigenvalue weighted by Crippen LogP contribution is 2.20. The van der Waals surface area contributed by atoms with E-state index < -0.39 is 0 Å². The van der Waals surface area contributed by atoms with Crippen molar-refractivity contribution >= 4 is 17.4 Å². The molecule has 0 saturated carbocycles. The Morgan fingerprint density at radius 3 is 2.83 bits per heavy atom. The van der Waals surface area contributed by atoms with Crippen LogP contribution in [-0.4, -0.2) is 42.5 Å². The summed E-state index contributed by atoms with van der Waals surface area (Å²) in [7, 11) is 3.26. The zero-order valence-corrected chi connectivity index (χ0v) is 11.2. The van der Waals surface area contributed by atoms with E-state index in [0.717, 1.165) is 0 Å². The lowest BCUT2D eigenvalue weighted by molar-refractivity contribution is -0.130. The summed E-state index contributed by atoms with van der Waals surface area (Å²) in [6.07, 6.45) is 0. The van der Waals surface area contributed by atoms with Gasteiger partial charge in [-0.05, 0) is 26.0 Å². The number of carbonyl (C=O) groups excluding carboxylic acids is 1. The minimum absolute atomic E-state index is 0.00934. The van der Waals surface area contributed by atoms with Gasteiger partial charge in [0.15, 0.2) is 0 Å². The van der Waals surface area contributed by atoms with Gasteiger partial charge in [0.1, 0.15) is 11.9 Å². The van der Waals surface area contributed by atoms with E-state index in [9.17, 15) is 4.79 Å². The molecule has 0 spiro atoms. The molecule has 1 heterocycles. The number of nitrogens with one attached hydrogen (secondary N) is 1. The second-order valence-electron chi connectivity index (χ2n) is 4.01. The zero-order chi connectivity index (χ0) is 13.7. The molecule has 1 aromatic heterocycles. The van der Waals surface area contributed by atoms with Crippen LogP contribution in [0.4, 0.5) is 11.5 Å². The number of nitrogen functional groups attached to an aromatic ring is 1. The van der Waals surface area contributed by atoms with Gasteiger partial charge in [-0.15, -0.1) is 0 Å². The minimum Gasteiger partial charge on any atom is -0.479 e. The van der Waals surface area contributed by atoms with E-state index in [-0.39, 0.29) is 11.9 Å². The molecule has 1 amide bonds. The summed E-state index contributed by atoms with van der Waals surface area (Å²) in [5.41, 5.74) is 6.14. The van der Waals surface area contributed by atoms with Crippen molar-refractivity contribution in [2.45, 2.75) is 19.9 Å². The molecule has 100 valence electrons. The van der Waals surface area contributed by atoms with E-state index in [1.807, 2.05) is 6.92 Å². The normalized spacial score (nSPS) is 11.8. The molecule has 1 aromatic rings.